The Morgan fingerprint density at radius 3 is 2.47 bits per heavy atom. The van der Waals surface area contributed by atoms with Crippen molar-refractivity contribution in [2.75, 3.05) is 26.9 Å². The molecule has 0 aromatic carbocycles. The summed E-state index contributed by atoms with van der Waals surface area (Å²) in [7, 11) is 1.16. The number of rotatable bonds is 5. The first kappa shape index (κ1) is 13.7. The van der Waals surface area contributed by atoms with Crippen LogP contribution in [0.3, 0.4) is 0 Å². The minimum absolute atomic E-state index is 0.127. The summed E-state index contributed by atoms with van der Waals surface area (Å²) in [5, 5.41) is 8.64. The highest BCUT2D eigenvalue weighted by molar-refractivity contribution is 5.87. The molecule has 15 heavy (non-hydrogen) atoms. The lowest BCUT2D eigenvalue weighted by atomic mass is 10.4. The quantitative estimate of drug-likeness (QED) is 0.697. The van der Waals surface area contributed by atoms with E-state index in [2.05, 4.69) is 4.74 Å². The van der Waals surface area contributed by atoms with E-state index in [1.54, 1.807) is 0 Å². The third-order valence-corrected chi connectivity index (χ3v) is 1.66. The number of methoxy groups -OCH3 is 1. The number of ether oxygens (including phenoxy) is 2. The largest absolute Gasteiger partial charge is 0.452 e. The summed E-state index contributed by atoms with van der Waals surface area (Å²) in [6.45, 7) is 1.77. The van der Waals surface area contributed by atoms with Gasteiger partial charge in [-0.1, -0.05) is 13.3 Å². The second-order valence-corrected chi connectivity index (χ2v) is 2.81. The summed E-state index contributed by atoms with van der Waals surface area (Å²) in [5.74, 6) is 0. The molecule has 6 nitrogen and oxygen atoms in total. The Morgan fingerprint density at radius 2 is 2.00 bits per heavy atom. The van der Waals surface area contributed by atoms with Crippen molar-refractivity contribution in [1.29, 1.82) is 0 Å². The van der Waals surface area contributed by atoms with Gasteiger partial charge >= 0.3 is 12.2 Å². The first-order valence-corrected chi connectivity index (χ1v) is 4.80. The van der Waals surface area contributed by atoms with E-state index in [-0.39, 0.29) is 19.8 Å². The number of nitrogens with zero attached hydrogens (tertiary/aromatic N) is 1. The SMILES string of the molecule is CCCCOC(=O)N(CCO)C(=O)OC. The van der Waals surface area contributed by atoms with Crippen LogP contribution in [0.2, 0.25) is 0 Å². The lowest BCUT2D eigenvalue weighted by molar-refractivity contribution is 0.0788. The van der Waals surface area contributed by atoms with Crippen molar-refractivity contribution >= 4 is 12.2 Å². The highest BCUT2D eigenvalue weighted by Gasteiger charge is 2.22. The third kappa shape index (κ3) is 5.21. The number of hydrogen-bond donors (Lipinski definition) is 1. The number of unbranched alkanes of at least 4 members (excludes halogenated alkanes) is 1. The molecule has 0 radical (unpaired) electrons. The number of hydrogen-bond acceptors (Lipinski definition) is 5. The second kappa shape index (κ2) is 8.05. The van der Waals surface area contributed by atoms with Crippen molar-refractivity contribution in [3.8, 4) is 0 Å². The van der Waals surface area contributed by atoms with Crippen molar-refractivity contribution in [1.82, 2.24) is 4.90 Å². The molecule has 0 bridgehead atoms. The maximum absolute atomic E-state index is 11.3. The lowest BCUT2D eigenvalue weighted by Gasteiger charge is -2.17. The number of imide groups is 1. The molecule has 0 aromatic rings. The molecule has 6 heteroatoms. The van der Waals surface area contributed by atoms with Crippen LogP contribution < -0.4 is 0 Å². The monoisotopic (exact) mass is 219 g/mol. The summed E-state index contributed by atoms with van der Waals surface area (Å²) in [6, 6.07) is 0. The first-order chi connectivity index (χ1) is 7.17. The van der Waals surface area contributed by atoms with E-state index in [1.807, 2.05) is 6.92 Å². The van der Waals surface area contributed by atoms with Gasteiger partial charge in [0.2, 0.25) is 0 Å². The molecule has 0 fully saturated rings. The van der Waals surface area contributed by atoms with Gasteiger partial charge in [-0.15, -0.1) is 0 Å². The maximum Gasteiger partial charge on any atom is 0.419 e. The summed E-state index contributed by atoms with van der Waals surface area (Å²) in [6.07, 6.45) is 0.0145. The van der Waals surface area contributed by atoms with Crippen LogP contribution in [0.1, 0.15) is 19.8 Å². The Balaban J connectivity index is 4.10. The zero-order valence-corrected chi connectivity index (χ0v) is 9.06. The molecule has 0 rings (SSSR count). The highest BCUT2D eigenvalue weighted by Crippen LogP contribution is 1.99. The number of carbonyl (C=O) groups excluding carboxylic acids is 2. The molecule has 0 aliphatic carbocycles. The van der Waals surface area contributed by atoms with Crippen LogP contribution in [0.4, 0.5) is 9.59 Å². The highest BCUT2D eigenvalue weighted by atomic mass is 16.6. The van der Waals surface area contributed by atoms with Crippen molar-refractivity contribution in [2.24, 2.45) is 0 Å². The predicted molar refractivity (Wildman–Crippen MR) is 52.5 cm³/mol. The molecule has 0 atom stereocenters. The standard InChI is InChI=1S/C9H17NO5/c1-3-4-7-15-9(13)10(5-6-11)8(12)14-2/h11H,3-7H2,1-2H3. The van der Waals surface area contributed by atoms with Gasteiger partial charge in [-0.05, 0) is 6.42 Å². The summed E-state index contributed by atoms with van der Waals surface area (Å²) >= 11 is 0. The smallest absolute Gasteiger partial charge is 0.419 e. The molecule has 2 amide bonds. The van der Waals surface area contributed by atoms with Crippen molar-refractivity contribution < 1.29 is 24.2 Å². The predicted octanol–water partition coefficient (Wildman–Crippen LogP) is 0.984. The first-order valence-electron chi connectivity index (χ1n) is 4.80. The van der Waals surface area contributed by atoms with Gasteiger partial charge < -0.3 is 14.6 Å². The van der Waals surface area contributed by atoms with E-state index in [4.69, 9.17) is 9.84 Å². The van der Waals surface area contributed by atoms with Gasteiger partial charge in [-0.25, -0.2) is 14.5 Å². The average molecular weight is 219 g/mol. The Kier molecular flexibility index (Phi) is 7.35. The van der Waals surface area contributed by atoms with Gasteiger partial charge in [0.05, 0.1) is 26.9 Å². The van der Waals surface area contributed by atoms with Gasteiger partial charge in [0.15, 0.2) is 0 Å². The minimum Gasteiger partial charge on any atom is -0.452 e. The van der Waals surface area contributed by atoms with Crippen molar-refractivity contribution in [3.63, 3.8) is 0 Å². The second-order valence-electron chi connectivity index (χ2n) is 2.81. The molecule has 1 N–H and O–H groups in total. The molecule has 0 aromatic heterocycles. The third-order valence-electron chi connectivity index (χ3n) is 1.66. The molecule has 0 aliphatic heterocycles. The van der Waals surface area contributed by atoms with E-state index >= 15 is 0 Å². The van der Waals surface area contributed by atoms with E-state index < -0.39 is 12.2 Å². The Labute approximate surface area is 88.8 Å². The molecular formula is C9H17NO5. The van der Waals surface area contributed by atoms with E-state index in [9.17, 15) is 9.59 Å². The molecule has 0 aliphatic rings. The summed E-state index contributed by atoms with van der Waals surface area (Å²) in [4.78, 5) is 23.1. The lowest BCUT2D eigenvalue weighted by Crippen LogP contribution is -2.39. The van der Waals surface area contributed by atoms with Gasteiger partial charge in [0.25, 0.3) is 0 Å². The average Bonchev–Trinajstić information content (AvgIpc) is 2.25. The van der Waals surface area contributed by atoms with Gasteiger partial charge in [0.1, 0.15) is 0 Å². The Morgan fingerprint density at radius 1 is 1.33 bits per heavy atom. The molecular weight excluding hydrogens is 202 g/mol. The molecule has 0 spiro atoms. The number of aliphatic hydroxyl groups is 1. The molecule has 0 saturated heterocycles. The summed E-state index contributed by atoms with van der Waals surface area (Å²) < 4.78 is 9.16. The van der Waals surface area contributed by atoms with Gasteiger partial charge in [0, 0.05) is 0 Å². The summed E-state index contributed by atoms with van der Waals surface area (Å²) in [5.41, 5.74) is 0. The number of aliphatic hydroxyl groups excluding tert-OH is 1. The van der Waals surface area contributed by atoms with E-state index in [0.29, 0.717) is 0 Å². The molecule has 0 unspecified atom stereocenters. The number of amides is 2. The van der Waals surface area contributed by atoms with Crippen LogP contribution >= 0.6 is 0 Å². The van der Waals surface area contributed by atoms with Gasteiger partial charge in [-0.2, -0.15) is 0 Å². The Hall–Kier alpha value is -1.30. The van der Waals surface area contributed by atoms with Crippen LogP contribution in [0, 0.1) is 0 Å². The van der Waals surface area contributed by atoms with Crippen LogP contribution in [0.15, 0.2) is 0 Å². The van der Waals surface area contributed by atoms with Crippen molar-refractivity contribution in [2.45, 2.75) is 19.8 Å². The zero-order chi connectivity index (χ0) is 11.7. The Bertz CT molecular complexity index is 207. The molecule has 0 saturated carbocycles. The molecule has 0 heterocycles. The van der Waals surface area contributed by atoms with E-state index in [1.165, 1.54) is 0 Å². The molecule has 88 valence electrons. The van der Waals surface area contributed by atoms with Gasteiger partial charge in [-0.3, -0.25) is 0 Å². The maximum atomic E-state index is 11.3. The van der Waals surface area contributed by atoms with Crippen LogP contribution in [-0.4, -0.2) is 49.1 Å². The number of carbonyl (C=O) groups is 2. The fraction of sp³-hybridized carbons (Fsp3) is 0.778. The van der Waals surface area contributed by atoms with Crippen LogP contribution in [-0.2, 0) is 9.47 Å². The normalized spacial score (nSPS) is 9.53. The zero-order valence-electron chi connectivity index (χ0n) is 9.06. The minimum atomic E-state index is -0.828. The fourth-order valence-electron chi connectivity index (χ4n) is 0.849. The topological polar surface area (TPSA) is 76.1 Å². The van der Waals surface area contributed by atoms with Crippen LogP contribution in [0.25, 0.3) is 0 Å². The van der Waals surface area contributed by atoms with Crippen molar-refractivity contribution in [3.05, 3.63) is 0 Å². The fourth-order valence-corrected chi connectivity index (χ4v) is 0.849. The van der Waals surface area contributed by atoms with E-state index in [0.717, 1.165) is 24.9 Å². The van der Waals surface area contributed by atoms with Crippen LogP contribution in [0.5, 0.6) is 0 Å².